The number of hydrogen-bond acceptors (Lipinski definition) is 8. The number of nitrogens with one attached hydrogen (secondary N) is 2. The highest BCUT2D eigenvalue weighted by atomic mass is 16.5. The van der Waals surface area contributed by atoms with Crippen LogP contribution in [0.3, 0.4) is 0 Å². The first-order valence-electron chi connectivity index (χ1n) is 10.9. The normalized spacial score (nSPS) is 19.1. The first-order valence-corrected chi connectivity index (χ1v) is 10.9. The lowest BCUT2D eigenvalue weighted by molar-refractivity contribution is -0.117. The predicted molar refractivity (Wildman–Crippen MR) is 122 cm³/mol. The number of aromatic nitrogens is 3. The van der Waals surface area contributed by atoms with Gasteiger partial charge in [-0.15, -0.1) is 0 Å². The fourth-order valence-electron chi connectivity index (χ4n) is 4.32. The van der Waals surface area contributed by atoms with Crippen LogP contribution in [0.1, 0.15) is 24.8 Å². The summed E-state index contributed by atoms with van der Waals surface area (Å²) in [6, 6.07) is 3.76. The van der Waals surface area contributed by atoms with Crippen molar-refractivity contribution in [3.8, 4) is 17.1 Å². The highest BCUT2D eigenvalue weighted by Gasteiger charge is 2.42. The van der Waals surface area contributed by atoms with Crippen molar-refractivity contribution in [3.05, 3.63) is 30.1 Å². The molecule has 1 fully saturated rings. The van der Waals surface area contributed by atoms with Crippen molar-refractivity contribution in [2.45, 2.75) is 26.2 Å². The van der Waals surface area contributed by atoms with Gasteiger partial charge in [-0.2, -0.15) is 0 Å². The molecule has 5 N–H and O–H groups in total. The monoisotopic (exact) mass is 434 g/mol. The number of aliphatic hydroxyl groups is 1. The van der Waals surface area contributed by atoms with Gasteiger partial charge < -0.3 is 26.2 Å². The lowest BCUT2D eigenvalue weighted by Gasteiger charge is -2.21. The Balaban J connectivity index is 1.42. The van der Waals surface area contributed by atoms with Gasteiger partial charge >= 0.3 is 0 Å². The molecule has 3 aromatic rings. The summed E-state index contributed by atoms with van der Waals surface area (Å²) in [7, 11) is 0. The molecule has 3 aromatic heterocycles. The smallest absolute Gasteiger partial charge is 0.237 e. The van der Waals surface area contributed by atoms with E-state index < -0.39 is 0 Å². The molecule has 4 heterocycles. The molecule has 0 bridgehead atoms. The Bertz CT molecular complexity index is 1200. The molecule has 5 rings (SSSR count). The lowest BCUT2D eigenvalue weighted by Crippen LogP contribution is -2.20. The summed E-state index contributed by atoms with van der Waals surface area (Å²) in [5.74, 6) is 1.78. The van der Waals surface area contributed by atoms with Gasteiger partial charge in [0.2, 0.25) is 11.8 Å². The van der Waals surface area contributed by atoms with Gasteiger partial charge in [-0.25, -0.2) is 15.0 Å². The minimum Gasteiger partial charge on any atom is -0.474 e. The van der Waals surface area contributed by atoms with Crippen LogP contribution in [0, 0.1) is 18.8 Å². The zero-order valence-corrected chi connectivity index (χ0v) is 17.9. The van der Waals surface area contributed by atoms with E-state index in [1.54, 1.807) is 12.4 Å². The molecule has 0 unspecified atom stereocenters. The Morgan fingerprint density at radius 1 is 1.34 bits per heavy atom. The zero-order chi connectivity index (χ0) is 22.2. The molecule has 32 heavy (non-hydrogen) atoms. The molecule has 1 aliphatic carbocycles. The van der Waals surface area contributed by atoms with Crippen LogP contribution in [0.2, 0.25) is 0 Å². The second-order valence-corrected chi connectivity index (χ2v) is 8.39. The number of amides is 1. The second kappa shape index (κ2) is 8.23. The number of carbonyl (C=O) groups is 1. The highest BCUT2D eigenvalue weighted by molar-refractivity contribution is 5.98. The maximum atomic E-state index is 12.5. The van der Waals surface area contributed by atoms with Crippen molar-refractivity contribution in [1.82, 2.24) is 15.0 Å². The Morgan fingerprint density at radius 3 is 3.06 bits per heavy atom. The van der Waals surface area contributed by atoms with E-state index in [9.17, 15) is 4.79 Å². The summed E-state index contributed by atoms with van der Waals surface area (Å²) in [5.41, 5.74) is 9.66. The third-order valence-corrected chi connectivity index (χ3v) is 6.21. The number of nitrogens with two attached hydrogens (primary N) is 1. The molecule has 9 nitrogen and oxygen atoms in total. The number of ether oxygens (including phenoxy) is 1. The third-order valence-electron chi connectivity index (χ3n) is 6.21. The number of anilines is 3. The van der Waals surface area contributed by atoms with Crippen molar-refractivity contribution in [1.29, 1.82) is 0 Å². The number of hydrogen-bond donors (Lipinski definition) is 4. The Hall–Kier alpha value is -3.46. The van der Waals surface area contributed by atoms with Gasteiger partial charge in [0, 0.05) is 42.4 Å². The van der Waals surface area contributed by atoms with Crippen molar-refractivity contribution in [3.63, 3.8) is 0 Å². The van der Waals surface area contributed by atoms with E-state index >= 15 is 0 Å². The van der Waals surface area contributed by atoms with Crippen molar-refractivity contribution in [2.24, 2.45) is 11.8 Å². The molecule has 1 aliphatic heterocycles. The Kier molecular flexibility index (Phi) is 5.26. The number of rotatable bonds is 6. The molecule has 166 valence electrons. The maximum Gasteiger partial charge on any atom is 0.237 e. The fraction of sp³-hybridized carbons (Fsp3) is 0.391. The first-order chi connectivity index (χ1) is 15.5. The van der Waals surface area contributed by atoms with Gasteiger partial charge in [-0.05, 0) is 55.2 Å². The molecule has 0 radical (unpaired) electrons. The van der Waals surface area contributed by atoms with Crippen molar-refractivity contribution < 1.29 is 14.6 Å². The van der Waals surface area contributed by atoms with E-state index in [4.69, 9.17) is 15.6 Å². The van der Waals surface area contributed by atoms with Crippen molar-refractivity contribution in [2.75, 3.05) is 36.1 Å². The largest absolute Gasteiger partial charge is 0.474 e. The van der Waals surface area contributed by atoms with Gasteiger partial charge in [0.25, 0.3) is 0 Å². The minimum atomic E-state index is -0.0251. The van der Waals surface area contributed by atoms with E-state index in [0.717, 1.165) is 53.4 Å². The summed E-state index contributed by atoms with van der Waals surface area (Å²) in [6.45, 7) is 3.48. The number of nitrogens with zero attached hydrogens (tertiary/aromatic N) is 3. The van der Waals surface area contributed by atoms with Crippen LogP contribution in [-0.4, -0.2) is 45.7 Å². The van der Waals surface area contributed by atoms with Gasteiger partial charge in [0.1, 0.15) is 23.9 Å². The minimum absolute atomic E-state index is 0.00365. The molecular formula is C23H26N6O3. The molecule has 1 amide bonds. The Labute approximate surface area is 185 Å². The van der Waals surface area contributed by atoms with E-state index in [-0.39, 0.29) is 18.4 Å². The first kappa shape index (κ1) is 20.4. The van der Waals surface area contributed by atoms with Gasteiger partial charge in [-0.1, -0.05) is 0 Å². The van der Waals surface area contributed by atoms with Crippen LogP contribution in [0.4, 0.5) is 17.3 Å². The lowest BCUT2D eigenvalue weighted by atomic mass is 10.0. The molecular weight excluding hydrogens is 408 g/mol. The summed E-state index contributed by atoms with van der Waals surface area (Å²) >= 11 is 0. The van der Waals surface area contributed by atoms with E-state index in [0.29, 0.717) is 35.7 Å². The maximum absolute atomic E-state index is 12.5. The molecule has 9 heteroatoms. The standard InChI is InChI=1S/C23H26N6O3/c1-12-16(10-27-23-20(12)25-4-6-32-23)18-8-14-9-19(26-11-17(14)21(24)28-18)29-22(31)15-7-13(15)3-2-5-30/h8-11,13,15,25,30H,2-7H2,1H3,(H2,24,28)(H,26,29,31)/t13-,15+/m0/s1. The van der Waals surface area contributed by atoms with Crippen LogP contribution in [-0.2, 0) is 4.79 Å². The van der Waals surface area contributed by atoms with Crippen LogP contribution in [0.25, 0.3) is 22.0 Å². The zero-order valence-electron chi connectivity index (χ0n) is 17.9. The predicted octanol–water partition coefficient (Wildman–Crippen LogP) is 2.73. The number of aliphatic hydroxyl groups excluding tert-OH is 1. The summed E-state index contributed by atoms with van der Waals surface area (Å²) in [5, 5.41) is 16.8. The molecule has 0 saturated heterocycles. The average molecular weight is 435 g/mol. The average Bonchev–Trinajstić information content (AvgIpc) is 3.58. The molecule has 2 atom stereocenters. The van der Waals surface area contributed by atoms with Gasteiger partial charge in [-0.3, -0.25) is 4.79 Å². The quantitative estimate of drug-likeness (QED) is 0.465. The molecule has 0 spiro atoms. The van der Waals surface area contributed by atoms with Crippen LogP contribution >= 0.6 is 0 Å². The van der Waals surface area contributed by atoms with Crippen molar-refractivity contribution >= 4 is 34.0 Å². The fourth-order valence-corrected chi connectivity index (χ4v) is 4.32. The number of carbonyl (C=O) groups excluding carboxylic acids is 1. The van der Waals surface area contributed by atoms with Gasteiger partial charge in [0.15, 0.2) is 0 Å². The SMILES string of the molecule is Cc1c(-c2cc3cc(NC(=O)[C@@H]4C[C@@H]4CCCO)ncc3c(N)n2)cnc2c1NCCO2. The molecule has 2 aliphatic rings. The third kappa shape index (κ3) is 3.80. The van der Waals surface area contributed by atoms with Gasteiger partial charge in [0.05, 0.1) is 5.69 Å². The highest BCUT2D eigenvalue weighted by Crippen LogP contribution is 2.42. The van der Waals surface area contributed by atoms with E-state index in [1.807, 2.05) is 19.1 Å². The molecule has 1 saturated carbocycles. The van der Waals surface area contributed by atoms with E-state index in [2.05, 4.69) is 25.6 Å². The summed E-state index contributed by atoms with van der Waals surface area (Å²) in [6.07, 6.45) is 5.86. The Morgan fingerprint density at radius 2 is 2.22 bits per heavy atom. The molecule has 0 aromatic carbocycles. The van der Waals surface area contributed by atoms with Crippen LogP contribution in [0.5, 0.6) is 5.88 Å². The second-order valence-electron chi connectivity index (χ2n) is 8.39. The number of nitrogen functional groups attached to an aromatic ring is 1. The van der Waals surface area contributed by atoms with E-state index in [1.165, 1.54) is 0 Å². The summed E-state index contributed by atoms with van der Waals surface area (Å²) < 4.78 is 5.62. The number of fused-ring (bicyclic) bond motifs is 2. The number of pyridine rings is 3. The topological polar surface area (TPSA) is 135 Å². The van der Waals surface area contributed by atoms with Crippen LogP contribution < -0.4 is 21.1 Å². The van der Waals surface area contributed by atoms with Crippen LogP contribution in [0.15, 0.2) is 24.5 Å². The summed E-state index contributed by atoms with van der Waals surface area (Å²) in [4.78, 5) is 25.9.